The third-order valence-corrected chi connectivity index (χ3v) is 3.73. The van der Waals surface area contributed by atoms with E-state index in [0.29, 0.717) is 21.6 Å². The Labute approximate surface area is 122 Å². The lowest BCUT2D eigenvalue weighted by atomic mass is 9.93. The van der Waals surface area contributed by atoms with Crippen molar-refractivity contribution < 1.29 is 4.79 Å². The van der Waals surface area contributed by atoms with Crippen LogP contribution in [0.1, 0.15) is 24.2 Å². The van der Waals surface area contributed by atoms with Crippen molar-refractivity contribution in [2.24, 2.45) is 11.1 Å². The van der Waals surface area contributed by atoms with Crippen LogP contribution in [-0.4, -0.2) is 17.4 Å². The molecule has 0 bridgehead atoms. The maximum atomic E-state index is 12.0. The van der Waals surface area contributed by atoms with Crippen LogP contribution in [0.25, 0.3) is 0 Å². The van der Waals surface area contributed by atoms with Gasteiger partial charge in [-0.05, 0) is 12.1 Å². The van der Waals surface area contributed by atoms with E-state index in [4.69, 9.17) is 41.2 Å². The van der Waals surface area contributed by atoms with E-state index in [1.165, 1.54) is 0 Å². The Hall–Kier alpha value is -0.840. The van der Waals surface area contributed by atoms with E-state index in [2.05, 4.69) is 5.32 Å². The van der Waals surface area contributed by atoms with Crippen molar-refractivity contribution in [1.82, 2.24) is 5.32 Å². The van der Waals surface area contributed by atoms with Crippen LogP contribution >= 0.6 is 35.4 Å². The van der Waals surface area contributed by atoms with Gasteiger partial charge in [-0.25, -0.2) is 0 Å². The minimum absolute atomic E-state index is 0.263. The van der Waals surface area contributed by atoms with E-state index >= 15 is 0 Å². The molecule has 0 saturated carbocycles. The number of carbonyl (C=O) groups is 1. The summed E-state index contributed by atoms with van der Waals surface area (Å²) in [5.41, 5.74) is 5.39. The summed E-state index contributed by atoms with van der Waals surface area (Å²) in [7, 11) is 0. The molecular formula is C12H14Cl2N2OS. The molecule has 0 unspecified atom stereocenters. The summed E-state index contributed by atoms with van der Waals surface area (Å²) in [6.45, 7) is 4.02. The molecule has 3 nitrogen and oxygen atoms in total. The summed E-state index contributed by atoms with van der Waals surface area (Å²) < 4.78 is 0. The summed E-state index contributed by atoms with van der Waals surface area (Å²) in [4.78, 5) is 12.3. The molecule has 0 heterocycles. The van der Waals surface area contributed by atoms with Crippen LogP contribution in [-0.2, 0) is 0 Å². The second kappa shape index (κ2) is 5.87. The van der Waals surface area contributed by atoms with Gasteiger partial charge < -0.3 is 11.1 Å². The Morgan fingerprint density at radius 1 is 1.39 bits per heavy atom. The minimum atomic E-state index is -0.460. The van der Waals surface area contributed by atoms with Gasteiger partial charge in [-0.1, -0.05) is 55.3 Å². The van der Waals surface area contributed by atoms with Gasteiger partial charge in [-0.2, -0.15) is 0 Å². The van der Waals surface area contributed by atoms with Crippen molar-refractivity contribution in [2.75, 3.05) is 6.54 Å². The van der Waals surface area contributed by atoms with Crippen molar-refractivity contribution in [3.05, 3.63) is 33.8 Å². The number of rotatable bonds is 4. The van der Waals surface area contributed by atoms with Crippen molar-refractivity contribution >= 4 is 46.3 Å². The fourth-order valence-corrected chi connectivity index (χ4v) is 1.83. The van der Waals surface area contributed by atoms with E-state index in [0.717, 1.165) is 0 Å². The molecule has 3 N–H and O–H groups in total. The Balaban J connectivity index is 2.82. The smallest absolute Gasteiger partial charge is 0.254 e. The topological polar surface area (TPSA) is 55.1 Å². The number of benzene rings is 1. The van der Waals surface area contributed by atoms with E-state index in [1.54, 1.807) is 18.2 Å². The van der Waals surface area contributed by atoms with Gasteiger partial charge in [0.25, 0.3) is 5.91 Å². The second-order valence-corrected chi connectivity index (χ2v) is 5.78. The zero-order valence-corrected chi connectivity index (χ0v) is 12.4. The number of halogens is 2. The number of hydrogen-bond donors (Lipinski definition) is 2. The molecule has 0 aliphatic heterocycles. The zero-order valence-electron chi connectivity index (χ0n) is 10.1. The summed E-state index contributed by atoms with van der Waals surface area (Å²) in [5, 5.41) is 3.35. The molecule has 0 atom stereocenters. The van der Waals surface area contributed by atoms with Gasteiger partial charge >= 0.3 is 0 Å². The molecule has 0 aliphatic rings. The standard InChI is InChI=1S/C12H14Cl2N2OS/c1-12(2,11(15)18)6-16-10(17)9-7(13)4-3-5-8(9)14/h3-5H,6H2,1-2H3,(H2,15,18)(H,16,17). The first-order valence-electron chi connectivity index (χ1n) is 5.28. The van der Waals surface area contributed by atoms with Gasteiger partial charge in [0.15, 0.2) is 0 Å². The Bertz CT molecular complexity index is 469. The molecule has 0 fully saturated rings. The molecule has 1 amide bonds. The van der Waals surface area contributed by atoms with Crippen LogP contribution in [0.5, 0.6) is 0 Å². The quantitative estimate of drug-likeness (QED) is 0.841. The number of carbonyl (C=O) groups excluding carboxylic acids is 1. The molecule has 0 radical (unpaired) electrons. The number of nitrogens with one attached hydrogen (secondary N) is 1. The van der Waals surface area contributed by atoms with E-state index < -0.39 is 5.41 Å². The lowest BCUT2D eigenvalue weighted by Gasteiger charge is -2.23. The summed E-state index contributed by atoms with van der Waals surface area (Å²) >= 11 is 16.8. The number of thiocarbonyl (C=S) groups is 1. The average molecular weight is 305 g/mol. The highest BCUT2D eigenvalue weighted by molar-refractivity contribution is 7.80. The third kappa shape index (κ3) is 3.57. The number of nitrogens with two attached hydrogens (primary N) is 1. The highest BCUT2D eigenvalue weighted by Gasteiger charge is 2.23. The minimum Gasteiger partial charge on any atom is -0.393 e. The highest BCUT2D eigenvalue weighted by Crippen LogP contribution is 2.24. The predicted octanol–water partition coefficient (Wildman–Crippen LogP) is 3.04. The molecule has 98 valence electrons. The van der Waals surface area contributed by atoms with E-state index in [1.807, 2.05) is 13.8 Å². The fourth-order valence-electron chi connectivity index (χ4n) is 1.19. The van der Waals surface area contributed by atoms with Crippen LogP contribution in [0, 0.1) is 5.41 Å². The average Bonchev–Trinajstić information content (AvgIpc) is 2.26. The predicted molar refractivity (Wildman–Crippen MR) is 79.4 cm³/mol. The van der Waals surface area contributed by atoms with Gasteiger partial charge in [0, 0.05) is 12.0 Å². The molecule has 0 aromatic heterocycles. The van der Waals surface area contributed by atoms with E-state index in [-0.39, 0.29) is 11.5 Å². The lowest BCUT2D eigenvalue weighted by molar-refractivity contribution is 0.0945. The van der Waals surface area contributed by atoms with Crippen LogP contribution < -0.4 is 11.1 Å². The Morgan fingerprint density at radius 3 is 2.33 bits per heavy atom. The van der Waals surface area contributed by atoms with Gasteiger partial charge in [-0.3, -0.25) is 4.79 Å². The second-order valence-electron chi connectivity index (χ2n) is 4.53. The maximum Gasteiger partial charge on any atom is 0.254 e. The summed E-state index contributed by atoms with van der Waals surface area (Å²) in [6.07, 6.45) is 0. The molecule has 6 heteroatoms. The number of hydrogen-bond acceptors (Lipinski definition) is 2. The molecule has 0 spiro atoms. The van der Waals surface area contributed by atoms with E-state index in [9.17, 15) is 4.79 Å². The molecule has 1 aromatic carbocycles. The monoisotopic (exact) mass is 304 g/mol. The molecular weight excluding hydrogens is 291 g/mol. The lowest BCUT2D eigenvalue weighted by Crippen LogP contribution is -2.41. The van der Waals surface area contributed by atoms with Crippen molar-refractivity contribution in [3.8, 4) is 0 Å². The third-order valence-electron chi connectivity index (χ3n) is 2.55. The molecule has 0 aliphatic carbocycles. The van der Waals surface area contributed by atoms with Crippen LogP contribution in [0.15, 0.2) is 18.2 Å². The van der Waals surface area contributed by atoms with Crippen LogP contribution in [0.2, 0.25) is 10.0 Å². The van der Waals surface area contributed by atoms with Gasteiger partial charge in [0.1, 0.15) is 0 Å². The van der Waals surface area contributed by atoms with Crippen molar-refractivity contribution in [2.45, 2.75) is 13.8 Å². The number of amides is 1. The van der Waals surface area contributed by atoms with Crippen LogP contribution in [0.3, 0.4) is 0 Å². The first kappa shape index (κ1) is 15.2. The zero-order chi connectivity index (χ0) is 13.9. The van der Waals surface area contributed by atoms with Crippen molar-refractivity contribution in [1.29, 1.82) is 0 Å². The van der Waals surface area contributed by atoms with Gasteiger partial charge in [0.05, 0.1) is 20.6 Å². The molecule has 1 aromatic rings. The molecule has 18 heavy (non-hydrogen) atoms. The summed E-state index contributed by atoms with van der Waals surface area (Å²) in [6, 6.07) is 4.91. The van der Waals surface area contributed by atoms with Crippen molar-refractivity contribution in [3.63, 3.8) is 0 Å². The first-order chi connectivity index (χ1) is 8.25. The maximum absolute atomic E-state index is 12.0. The first-order valence-corrected chi connectivity index (χ1v) is 6.44. The molecule has 1 rings (SSSR count). The highest BCUT2D eigenvalue weighted by atomic mass is 35.5. The summed E-state index contributed by atoms with van der Waals surface area (Å²) in [5.74, 6) is -0.338. The molecule has 0 saturated heterocycles. The van der Waals surface area contributed by atoms with Gasteiger partial charge in [0.2, 0.25) is 0 Å². The normalized spacial score (nSPS) is 11.1. The Kier molecular flexibility index (Phi) is 4.96. The fraction of sp³-hybridized carbons (Fsp3) is 0.333. The Morgan fingerprint density at radius 2 is 1.89 bits per heavy atom. The largest absolute Gasteiger partial charge is 0.393 e. The van der Waals surface area contributed by atoms with Gasteiger partial charge in [-0.15, -0.1) is 0 Å². The SMILES string of the molecule is CC(C)(CNC(=O)c1c(Cl)cccc1Cl)C(N)=S. The van der Waals surface area contributed by atoms with Crippen LogP contribution in [0.4, 0.5) is 0 Å².